The largest absolute Gasteiger partial charge is 0.309 e. The molecule has 0 radical (unpaired) electrons. The normalized spacial score (nSPS) is 13.9. The summed E-state index contributed by atoms with van der Waals surface area (Å²) in [6.45, 7) is 0. The Hall–Kier alpha value is -8.98. The third-order valence-electron chi connectivity index (χ3n) is 15.9. The van der Waals surface area contributed by atoms with Gasteiger partial charge in [0.2, 0.25) is 0 Å². The lowest BCUT2D eigenvalue weighted by Crippen LogP contribution is -2.28. The molecule has 2 aliphatic rings. The Morgan fingerprint density at radius 1 is 0.229 bits per heavy atom. The fraction of sp³-hybridized carbons (Fsp3) is 0.0294. The number of aromatic nitrogens is 2. The lowest BCUT2D eigenvalue weighted by atomic mass is 9.67. The number of nitrogens with zero attached hydrogens (tertiary/aromatic N) is 2. The van der Waals surface area contributed by atoms with Crippen molar-refractivity contribution in [3.8, 4) is 33.6 Å². The summed E-state index contributed by atoms with van der Waals surface area (Å²) in [5.74, 6) is 0. The number of benzene rings is 11. The summed E-state index contributed by atoms with van der Waals surface area (Å²) in [7, 11) is 0. The maximum absolute atomic E-state index is 2.48. The van der Waals surface area contributed by atoms with E-state index in [0.29, 0.717) is 0 Å². The summed E-state index contributed by atoms with van der Waals surface area (Å²) in [5.41, 5.74) is 21.7. The zero-order chi connectivity index (χ0) is 46.0. The van der Waals surface area contributed by atoms with E-state index in [0.717, 1.165) is 11.4 Å². The van der Waals surface area contributed by atoms with Gasteiger partial charge in [-0.15, -0.1) is 0 Å². The monoisotopic (exact) mass is 888 g/mol. The van der Waals surface area contributed by atoms with Crippen LogP contribution in [0.3, 0.4) is 0 Å². The molecule has 2 heterocycles. The van der Waals surface area contributed by atoms with Crippen LogP contribution in [0.25, 0.3) is 77.2 Å². The van der Waals surface area contributed by atoms with Crippen molar-refractivity contribution in [2.24, 2.45) is 0 Å². The molecule has 0 amide bonds. The van der Waals surface area contributed by atoms with Crippen LogP contribution in [0, 0.1) is 0 Å². The Labute approximate surface area is 406 Å². The van der Waals surface area contributed by atoms with E-state index in [1.807, 2.05) is 0 Å². The Morgan fingerprint density at radius 3 is 0.914 bits per heavy atom. The van der Waals surface area contributed by atoms with Crippen LogP contribution in [0.2, 0.25) is 0 Å². The molecule has 0 aliphatic heterocycles. The van der Waals surface area contributed by atoms with Gasteiger partial charge in [-0.1, -0.05) is 218 Å². The second-order valence-electron chi connectivity index (χ2n) is 19.0. The van der Waals surface area contributed by atoms with Crippen molar-refractivity contribution in [2.75, 3.05) is 0 Å². The summed E-state index contributed by atoms with van der Waals surface area (Å²) >= 11 is 0. The molecule has 0 bridgehead atoms. The van der Waals surface area contributed by atoms with E-state index in [9.17, 15) is 0 Å². The molecule has 2 aromatic heterocycles. The highest BCUT2D eigenvalue weighted by Crippen LogP contribution is 2.60. The standard InChI is InChI=1S/C68H44N2/c1-5-21-45(22-6-1)67(46-23-7-2-8-24-46)55-33-17-13-29-51(55)63-57(67)41-43-61-65(63)53-31-15-19-35-59(53)69(61)49-37-39-50(40-38-49)70-60-36-20-16-32-54(60)66-62(70)44-42-58-64(66)52-30-14-18-34-56(52)68(58,47-25-9-3-10-26-47)48-27-11-4-12-28-48/h1-44H. The molecular weight excluding hydrogens is 845 g/mol. The Morgan fingerprint density at radius 2 is 0.543 bits per heavy atom. The van der Waals surface area contributed by atoms with Gasteiger partial charge in [0.05, 0.1) is 32.9 Å². The molecule has 11 aromatic carbocycles. The first-order chi connectivity index (χ1) is 34.8. The maximum atomic E-state index is 2.48. The predicted octanol–water partition coefficient (Wildman–Crippen LogP) is 16.6. The zero-order valence-electron chi connectivity index (χ0n) is 38.3. The van der Waals surface area contributed by atoms with E-state index >= 15 is 0 Å². The molecule has 0 unspecified atom stereocenters. The summed E-state index contributed by atoms with van der Waals surface area (Å²) < 4.78 is 4.95. The fourth-order valence-corrected chi connectivity index (χ4v) is 13.3. The molecule has 70 heavy (non-hydrogen) atoms. The van der Waals surface area contributed by atoms with Crippen LogP contribution in [0.15, 0.2) is 267 Å². The number of rotatable bonds is 6. The van der Waals surface area contributed by atoms with E-state index in [2.05, 4.69) is 276 Å². The van der Waals surface area contributed by atoms with Gasteiger partial charge < -0.3 is 9.13 Å². The van der Waals surface area contributed by atoms with Crippen molar-refractivity contribution in [2.45, 2.75) is 10.8 Å². The topological polar surface area (TPSA) is 9.86 Å². The van der Waals surface area contributed by atoms with Gasteiger partial charge in [-0.2, -0.15) is 0 Å². The number of para-hydroxylation sites is 2. The summed E-state index contributed by atoms with van der Waals surface area (Å²) in [6.07, 6.45) is 0. The van der Waals surface area contributed by atoms with E-state index in [1.54, 1.807) is 0 Å². The van der Waals surface area contributed by atoms with Crippen molar-refractivity contribution in [3.63, 3.8) is 0 Å². The van der Waals surface area contributed by atoms with E-state index in [-0.39, 0.29) is 0 Å². The average molecular weight is 889 g/mol. The molecule has 13 aromatic rings. The van der Waals surface area contributed by atoms with E-state index in [1.165, 1.54) is 110 Å². The van der Waals surface area contributed by atoms with Crippen LogP contribution >= 0.6 is 0 Å². The predicted molar refractivity (Wildman–Crippen MR) is 290 cm³/mol. The quantitative estimate of drug-likeness (QED) is 0.157. The van der Waals surface area contributed by atoms with Gasteiger partial charge in [-0.05, 0) is 115 Å². The fourth-order valence-electron chi connectivity index (χ4n) is 13.3. The molecule has 0 saturated heterocycles. The average Bonchev–Trinajstić information content (AvgIpc) is 4.15. The number of fused-ring (bicyclic) bond motifs is 14. The van der Waals surface area contributed by atoms with Crippen LogP contribution in [0.1, 0.15) is 44.5 Å². The van der Waals surface area contributed by atoms with Crippen molar-refractivity contribution in [1.29, 1.82) is 0 Å². The molecule has 0 atom stereocenters. The molecule has 0 N–H and O–H groups in total. The van der Waals surface area contributed by atoms with Crippen LogP contribution in [0.4, 0.5) is 0 Å². The first-order valence-electron chi connectivity index (χ1n) is 24.4. The molecule has 2 aliphatic carbocycles. The minimum atomic E-state index is -0.470. The second kappa shape index (κ2) is 14.8. The Balaban J connectivity index is 0.942. The minimum absolute atomic E-state index is 0.470. The Bertz CT molecular complexity index is 3850. The first kappa shape index (κ1) is 39.1. The van der Waals surface area contributed by atoms with Gasteiger partial charge in [0.15, 0.2) is 0 Å². The summed E-state index contributed by atoms with van der Waals surface area (Å²) in [6, 6.07) is 99.4. The SMILES string of the molecule is c1ccc(C2(c3ccccc3)c3ccccc3-c3c2ccc2c3c3ccccc3n2-c2ccc(-n3c4ccccc4c4c5c(ccc43)C(c3ccccc3)(c3ccccc3)c3ccccc3-5)cc2)cc1. The molecule has 2 nitrogen and oxygen atoms in total. The minimum Gasteiger partial charge on any atom is -0.309 e. The summed E-state index contributed by atoms with van der Waals surface area (Å²) in [5, 5.41) is 5.08. The third kappa shape index (κ3) is 5.02. The number of hydrogen-bond donors (Lipinski definition) is 0. The molecular formula is C68H44N2. The highest BCUT2D eigenvalue weighted by atomic mass is 15.0. The molecule has 0 fully saturated rings. The van der Waals surface area contributed by atoms with Gasteiger partial charge >= 0.3 is 0 Å². The lowest BCUT2D eigenvalue weighted by Gasteiger charge is -2.33. The smallest absolute Gasteiger partial charge is 0.0713 e. The molecule has 15 rings (SSSR count). The highest BCUT2D eigenvalue weighted by molar-refractivity contribution is 6.20. The van der Waals surface area contributed by atoms with Gasteiger partial charge in [-0.25, -0.2) is 0 Å². The maximum Gasteiger partial charge on any atom is 0.0713 e. The van der Waals surface area contributed by atoms with E-state index < -0.39 is 10.8 Å². The zero-order valence-corrected chi connectivity index (χ0v) is 38.3. The summed E-state index contributed by atoms with van der Waals surface area (Å²) in [4.78, 5) is 0. The molecule has 0 spiro atoms. The molecule has 326 valence electrons. The van der Waals surface area contributed by atoms with Crippen LogP contribution in [0.5, 0.6) is 0 Å². The van der Waals surface area contributed by atoms with Crippen molar-refractivity contribution in [3.05, 3.63) is 311 Å². The van der Waals surface area contributed by atoms with Gasteiger partial charge in [-0.3, -0.25) is 0 Å². The van der Waals surface area contributed by atoms with Gasteiger partial charge in [0.25, 0.3) is 0 Å². The first-order valence-corrected chi connectivity index (χ1v) is 24.4. The second-order valence-corrected chi connectivity index (χ2v) is 19.0. The Kier molecular flexibility index (Phi) is 8.24. The van der Waals surface area contributed by atoms with Crippen LogP contribution in [-0.2, 0) is 10.8 Å². The molecule has 2 heteroatoms. The van der Waals surface area contributed by atoms with E-state index in [4.69, 9.17) is 0 Å². The van der Waals surface area contributed by atoms with Crippen molar-refractivity contribution in [1.82, 2.24) is 9.13 Å². The molecule has 0 saturated carbocycles. The van der Waals surface area contributed by atoms with Crippen LogP contribution in [-0.4, -0.2) is 9.13 Å². The van der Waals surface area contributed by atoms with Crippen molar-refractivity contribution < 1.29 is 0 Å². The van der Waals surface area contributed by atoms with Gasteiger partial charge in [0.1, 0.15) is 0 Å². The van der Waals surface area contributed by atoms with Crippen molar-refractivity contribution >= 4 is 43.6 Å². The lowest BCUT2D eigenvalue weighted by molar-refractivity contribution is 0.769. The van der Waals surface area contributed by atoms with Gasteiger partial charge in [0, 0.05) is 32.9 Å². The third-order valence-corrected chi connectivity index (χ3v) is 15.9. The van der Waals surface area contributed by atoms with Crippen LogP contribution < -0.4 is 0 Å². The number of hydrogen-bond acceptors (Lipinski definition) is 0. The highest BCUT2D eigenvalue weighted by Gasteiger charge is 2.48.